The first kappa shape index (κ1) is 49.4. The Labute approximate surface area is 375 Å². The van der Waals surface area contributed by atoms with Crippen LogP contribution in [0.1, 0.15) is 87.9 Å². The van der Waals surface area contributed by atoms with Crippen LogP contribution in [-0.4, -0.2) is 116 Å². The Bertz CT molecular complexity index is 2440. The summed E-state index contributed by atoms with van der Waals surface area (Å²) in [5.41, 5.74) is -5.28. The van der Waals surface area contributed by atoms with Gasteiger partial charge in [0.25, 0.3) is 5.69 Å². The molecule has 2 aromatic carbocycles. The third-order valence-corrected chi connectivity index (χ3v) is 9.50. The fourth-order valence-corrected chi connectivity index (χ4v) is 6.53. The highest BCUT2D eigenvalue weighted by molar-refractivity contribution is 6.29. The Balaban J connectivity index is 1.58. The van der Waals surface area contributed by atoms with Gasteiger partial charge in [-0.1, -0.05) is 12.1 Å². The van der Waals surface area contributed by atoms with E-state index in [-0.39, 0.29) is 34.6 Å². The van der Waals surface area contributed by atoms with Gasteiger partial charge in [0, 0.05) is 18.6 Å². The van der Waals surface area contributed by atoms with Gasteiger partial charge in [0.1, 0.15) is 17.3 Å². The Kier molecular flexibility index (Phi) is 14.9. The summed E-state index contributed by atoms with van der Waals surface area (Å²) in [5.74, 6) is -4.26. The number of halogens is 2. The van der Waals surface area contributed by atoms with Crippen molar-refractivity contribution in [1.82, 2.24) is 19.5 Å². The lowest BCUT2D eigenvalue weighted by molar-refractivity contribution is -0.384. The van der Waals surface area contributed by atoms with Gasteiger partial charge in [-0.05, 0) is 96.8 Å². The minimum Gasteiger partial charge on any atom is -0.465 e. The molecular formula is C42H46ClFN6O15. The number of esters is 3. The first-order valence-electron chi connectivity index (χ1n) is 19.8. The lowest BCUT2D eigenvalue weighted by Gasteiger charge is -2.31. The zero-order chi connectivity index (χ0) is 48.2. The van der Waals surface area contributed by atoms with Gasteiger partial charge in [-0.3, -0.25) is 19.5 Å². The number of non-ortho nitro benzene ring substituents is 1. The van der Waals surface area contributed by atoms with E-state index >= 15 is 4.39 Å². The summed E-state index contributed by atoms with van der Waals surface area (Å²) in [4.78, 5) is 104. The lowest BCUT2D eigenvalue weighted by Crippen LogP contribution is -2.53. The van der Waals surface area contributed by atoms with Crippen LogP contribution in [-0.2, 0) is 49.2 Å². The molecule has 0 N–H and O–H groups in total. The number of ketones is 1. The fraction of sp³-hybridized carbons (Fsp3) is 0.452. The highest BCUT2D eigenvalue weighted by Crippen LogP contribution is 2.39. The summed E-state index contributed by atoms with van der Waals surface area (Å²) >= 11 is 6.36. The molecule has 21 nitrogen and oxygen atoms in total. The number of Topliss-reactive ketones (excluding diaryl/α,β-unsaturated/α-hetero) is 1. The number of amides is 2. The van der Waals surface area contributed by atoms with Gasteiger partial charge in [0.05, 0.1) is 42.7 Å². The molecule has 0 radical (unpaired) electrons. The van der Waals surface area contributed by atoms with E-state index in [0.717, 1.165) is 42.1 Å². The second kappa shape index (κ2) is 19.6. The summed E-state index contributed by atoms with van der Waals surface area (Å²) in [6.45, 7) is 10.9. The highest BCUT2D eigenvalue weighted by Gasteiger charge is 2.53. The minimum atomic E-state index is -2.40. The Morgan fingerprint density at radius 3 is 2.00 bits per heavy atom. The molecule has 0 bridgehead atoms. The molecule has 0 aliphatic carbocycles. The molecule has 23 heteroatoms. The predicted octanol–water partition coefficient (Wildman–Crippen LogP) is 6.46. The largest absolute Gasteiger partial charge is 0.465 e. The van der Waals surface area contributed by atoms with Gasteiger partial charge >= 0.3 is 30.1 Å². The van der Waals surface area contributed by atoms with Crippen LogP contribution in [0, 0.1) is 10.1 Å². The predicted molar refractivity (Wildman–Crippen MR) is 224 cm³/mol. The first-order chi connectivity index (χ1) is 30.4. The average molecular weight is 929 g/mol. The average Bonchev–Trinajstić information content (AvgIpc) is 3.77. The fourth-order valence-electron chi connectivity index (χ4n) is 6.37. The van der Waals surface area contributed by atoms with Crippen LogP contribution in [0.2, 0.25) is 5.28 Å². The van der Waals surface area contributed by atoms with Crippen molar-refractivity contribution in [3.05, 3.63) is 86.9 Å². The van der Waals surface area contributed by atoms with Crippen molar-refractivity contribution in [2.75, 3.05) is 25.2 Å². The van der Waals surface area contributed by atoms with Gasteiger partial charge in [-0.2, -0.15) is 14.9 Å². The zero-order valence-electron chi connectivity index (χ0n) is 36.7. The van der Waals surface area contributed by atoms with Crippen molar-refractivity contribution in [2.24, 2.45) is 0 Å². The van der Waals surface area contributed by atoms with E-state index in [4.69, 9.17) is 44.8 Å². The number of carbonyl (C=O) groups is 6. The van der Waals surface area contributed by atoms with Crippen molar-refractivity contribution in [3.63, 3.8) is 0 Å². The van der Waals surface area contributed by atoms with Crippen LogP contribution in [0.4, 0.5) is 25.5 Å². The SMILES string of the molecule is CCOC(=O)C(Cc1ccc(C(=O)OC)cc1)(OC[C@H]1O[C@@H](n2cnc3c(N(C(=O)OC(C)(C)C)C(=O)OC(C)(C)C)nc(Cl)nc32)[C@@H](F)[C@H]1OC(=O)c1ccc([N+](=O)[O-])cc1)C(C)=O. The smallest absolute Gasteiger partial charge is 0.425 e. The molecule has 4 aromatic rings. The number of hydrogen-bond acceptors (Lipinski definition) is 18. The number of hydrogen-bond donors (Lipinski definition) is 0. The van der Waals surface area contributed by atoms with Crippen LogP contribution >= 0.6 is 11.6 Å². The number of nitrogens with zero attached hydrogens (tertiary/aromatic N) is 6. The summed E-state index contributed by atoms with van der Waals surface area (Å²) in [5, 5.41) is 10.7. The van der Waals surface area contributed by atoms with E-state index in [1.807, 2.05) is 0 Å². The molecule has 0 spiro atoms. The van der Waals surface area contributed by atoms with E-state index < -0.39 is 106 Å². The van der Waals surface area contributed by atoms with Crippen molar-refractivity contribution in [1.29, 1.82) is 0 Å². The topological polar surface area (TPSA) is 257 Å². The number of imide groups is 1. The van der Waals surface area contributed by atoms with Crippen LogP contribution in [0.3, 0.4) is 0 Å². The van der Waals surface area contributed by atoms with Crippen molar-refractivity contribution in [2.45, 2.75) is 103 Å². The van der Waals surface area contributed by atoms with Gasteiger partial charge in [0.2, 0.25) is 10.9 Å². The second-order valence-electron chi connectivity index (χ2n) is 16.4. The number of carbonyl (C=O) groups excluding carboxylic acids is 6. The molecule has 5 atom stereocenters. The molecule has 5 rings (SSSR count). The molecule has 3 heterocycles. The van der Waals surface area contributed by atoms with Crippen molar-refractivity contribution >= 4 is 70.1 Å². The number of alkyl halides is 1. The Morgan fingerprint density at radius 2 is 1.48 bits per heavy atom. The number of anilines is 1. The molecule has 1 unspecified atom stereocenters. The Hall–Kier alpha value is -6.65. The van der Waals surface area contributed by atoms with Crippen LogP contribution < -0.4 is 4.90 Å². The minimum absolute atomic E-state index is 0.173. The second-order valence-corrected chi connectivity index (χ2v) is 16.7. The van der Waals surface area contributed by atoms with E-state index in [1.54, 1.807) is 41.5 Å². The number of methoxy groups -OCH3 is 1. The molecule has 348 valence electrons. The van der Waals surface area contributed by atoms with Gasteiger partial charge < -0.3 is 33.2 Å². The monoisotopic (exact) mass is 928 g/mol. The molecule has 65 heavy (non-hydrogen) atoms. The Morgan fingerprint density at radius 1 is 0.908 bits per heavy atom. The molecule has 2 amide bonds. The number of imidazole rings is 1. The van der Waals surface area contributed by atoms with Gasteiger partial charge in [-0.25, -0.2) is 33.3 Å². The number of nitro benzene ring substituents is 1. The van der Waals surface area contributed by atoms with E-state index in [0.29, 0.717) is 10.5 Å². The molecule has 1 aliphatic rings. The maximum atomic E-state index is 17.1. The van der Waals surface area contributed by atoms with E-state index in [1.165, 1.54) is 38.3 Å². The number of aromatic nitrogens is 4. The number of rotatable bonds is 14. The molecule has 1 aliphatic heterocycles. The number of nitro groups is 1. The zero-order valence-corrected chi connectivity index (χ0v) is 37.4. The summed E-state index contributed by atoms with van der Waals surface area (Å²) < 4.78 is 57.0. The normalized spacial score (nSPS) is 18.3. The molecule has 1 saturated heterocycles. The lowest BCUT2D eigenvalue weighted by atomic mass is 9.90. The first-order valence-corrected chi connectivity index (χ1v) is 20.2. The molecule has 1 fully saturated rings. The third-order valence-electron chi connectivity index (χ3n) is 9.33. The highest BCUT2D eigenvalue weighted by atomic mass is 35.5. The number of ether oxygens (including phenoxy) is 7. The summed E-state index contributed by atoms with van der Waals surface area (Å²) in [6, 6.07) is 9.97. The maximum Gasteiger partial charge on any atom is 0.425 e. The summed E-state index contributed by atoms with van der Waals surface area (Å²) in [6.07, 6.45) is -9.59. The van der Waals surface area contributed by atoms with Crippen LogP contribution in [0.25, 0.3) is 11.2 Å². The molecular weight excluding hydrogens is 883 g/mol. The molecule has 0 saturated carbocycles. The summed E-state index contributed by atoms with van der Waals surface area (Å²) in [7, 11) is 1.20. The van der Waals surface area contributed by atoms with Crippen LogP contribution in [0.5, 0.6) is 0 Å². The standard InChI is InChI=1S/C42H46ClFN6O15/c1-10-60-36(54)42(22(2)51,19-23-11-13-24(14-12-23)34(52)59-9)61-20-27-30(63-35(53)25-15-17-26(18-16-25)50(57)58)28(44)33(62-27)48-21-45-29-31(48)46-37(43)47-32(29)49(38(55)64-40(3,4)5)39(56)65-41(6,7)8/h11-18,21,27-28,30,33H,10,19-20H2,1-9H3/t27-,28+,30+,33-,42?/m1/s1. The third kappa shape index (κ3) is 11.4. The van der Waals surface area contributed by atoms with Crippen molar-refractivity contribution < 1.29 is 71.2 Å². The molecule has 2 aromatic heterocycles. The van der Waals surface area contributed by atoms with Crippen molar-refractivity contribution in [3.8, 4) is 0 Å². The van der Waals surface area contributed by atoms with Gasteiger partial charge in [0.15, 0.2) is 41.3 Å². The number of fused-ring (bicyclic) bond motifs is 1. The van der Waals surface area contributed by atoms with E-state index in [9.17, 15) is 38.9 Å². The van der Waals surface area contributed by atoms with Gasteiger partial charge in [-0.15, -0.1) is 0 Å². The van der Waals surface area contributed by atoms with E-state index in [2.05, 4.69) is 15.0 Å². The number of benzene rings is 2. The van der Waals surface area contributed by atoms with Crippen LogP contribution in [0.15, 0.2) is 54.9 Å². The quantitative estimate of drug-likeness (QED) is 0.0328. The maximum absolute atomic E-state index is 17.1.